The summed E-state index contributed by atoms with van der Waals surface area (Å²) in [5.74, 6) is 0.481. The summed E-state index contributed by atoms with van der Waals surface area (Å²) >= 11 is 0. The molecule has 0 spiro atoms. The molecule has 6 nitrogen and oxygen atoms in total. The summed E-state index contributed by atoms with van der Waals surface area (Å²) in [7, 11) is -3.23. The SMILES string of the molecule is CS(=O)(=O)c1ccc2oc(COC3CCNCC3)nc2c1. The van der Waals surface area contributed by atoms with E-state index in [4.69, 9.17) is 9.15 Å². The molecule has 21 heavy (non-hydrogen) atoms. The van der Waals surface area contributed by atoms with Crippen LogP contribution in [0.15, 0.2) is 27.5 Å². The van der Waals surface area contributed by atoms with Gasteiger partial charge in [-0.1, -0.05) is 0 Å². The van der Waals surface area contributed by atoms with E-state index in [1.807, 2.05) is 0 Å². The summed E-state index contributed by atoms with van der Waals surface area (Å²) in [5, 5.41) is 3.28. The smallest absolute Gasteiger partial charge is 0.221 e. The first-order valence-corrected chi connectivity index (χ1v) is 8.83. The van der Waals surface area contributed by atoms with Crippen LogP contribution in [0.4, 0.5) is 0 Å². The molecule has 1 aromatic heterocycles. The van der Waals surface area contributed by atoms with Crippen molar-refractivity contribution in [1.29, 1.82) is 0 Å². The number of ether oxygens (including phenoxy) is 1. The molecule has 2 heterocycles. The van der Waals surface area contributed by atoms with Gasteiger partial charge in [0.25, 0.3) is 0 Å². The van der Waals surface area contributed by atoms with Gasteiger partial charge in [0.15, 0.2) is 15.4 Å². The minimum absolute atomic E-state index is 0.229. The van der Waals surface area contributed by atoms with E-state index in [-0.39, 0.29) is 11.0 Å². The summed E-state index contributed by atoms with van der Waals surface area (Å²) in [5.41, 5.74) is 1.12. The van der Waals surface area contributed by atoms with Crippen LogP contribution < -0.4 is 5.32 Å². The molecule has 0 radical (unpaired) electrons. The number of nitrogens with zero attached hydrogens (tertiary/aromatic N) is 1. The van der Waals surface area contributed by atoms with Crippen molar-refractivity contribution in [3.63, 3.8) is 0 Å². The lowest BCUT2D eigenvalue weighted by molar-refractivity contribution is 0.0113. The Labute approximate surface area is 123 Å². The van der Waals surface area contributed by atoms with E-state index in [0.29, 0.717) is 23.6 Å². The van der Waals surface area contributed by atoms with Crippen molar-refractivity contribution in [2.24, 2.45) is 0 Å². The fourth-order valence-corrected chi connectivity index (χ4v) is 3.04. The van der Waals surface area contributed by atoms with Gasteiger partial charge in [0, 0.05) is 6.26 Å². The van der Waals surface area contributed by atoms with Crippen molar-refractivity contribution in [1.82, 2.24) is 10.3 Å². The summed E-state index contributed by atoms with van der Waals surface area (Å²) in [6.07, 6.45) is 3.37. The van der Waals surface area contributed by atoms with Gasteiger partial charge in [-0.3, -0.25) is 0 Å². The van der Waals surface area contributed by atoms with Gasteiger partial charge in [-0.15, -0.1) is 0 Å². The number of oxazole rings is 1. The van der Waals surface area contributed by atoms with E-state index < -0.39 is 9.84 Å². The van der Waals surface area contributed by atoms with Crippen LogP contribution in [0.1, 0.15) is 18.7 Å². The highest BCUT2D eigenvalue weighted by Gasteiger charge is 2.16. The summed E-state index contributed by atoms with van der Waals surface area (Å²) in [6, 6.07) is 4.69. The molecule has 3 rings (SSSR count). The first-order valence-electron chi connectivity index (χ1n) is 6.94. The predicted molar refractivity (Wildman–Crippen MR) is 77.8 cm³/mol. The number of hydrogen-bond acceptors (Lipinski definition) is 6. The zero-order chi connectivity index (χ0) is 14.9. The largest absolute Gasteiger partial charge is 0.438 e. The Balaban J connectivity index is 1.74. The molecule has 0 saturated carbocycles. The Hall–Kier alpha value is -1.44. The lowest BCUT2D eigenvalue weighted by Gasteiger charge is -2.22. The molecule has 0 bridgehead atoms. The lowest BCUT2D eigenvalue weighted by atomic mass is 10.1. The molecular formula is C14H18N2O4S. The van der Waals surface area contributed by atoms with Gasteiger partial charge in [0.1, 0.15) is 12.1 Å². The molecule has 0 aliphatic carbocycles. The summed E-state index contributed by atoms with van der Waals surface area (Å²) in [6.45, 7) is 2.25. The zero-order valence-corrected chi connectivity index (χ0v) is 12.6. The van der Waals surface area contributed by atoms with Crippen LogP contribution in [0, 0.1) is 0 Å². The average Bonchev–Trinajstić information content (AvgIpc) is 2.87. The van der Waals surface area contributed by atoms with Gasteiger partial charge in [-0.05, 0) is 44.1 Å². The molecular weight excluding hydrogens is 292 g/mol. The molecule has 0 atom stereocenters. The van der Waals surface area contributed by atoms with Crippen molar-refractivity contribution in [2.45, 2.75) is 30.4 Å². The highest BCUT2D eigenvalue weighted by molar-refractivity contribution is 7.90. The molecule has 1 aromatic carbocycles. The number of piperidine rings is 1. The number of aromatic nitrogens is 1. The van der Waals surface area contributed by atoms with E-state index in [1.165, 1.54) is 18.4 Å². The van der Waals surface area contributed by atoms with Crippen LogP contribution in [0.25, 0.3) is 11.1 Å². The standard InChI is InChI=1S/C14H18N2O4S/c1-21(17,18)11-2-3-13-12(8-11)16-14(20-13)9-19-10-4-6-15-7-5-10/h2-3,8,10,15H,4-7,9H2,1H3. The molecule has 7 heteroatoms. The highest BCUT2D eigenvalue weighted by atomic mass is 32.2. The minimum atomic E-state index is -3.23. The van der Waals surface area contributed by atoms with Gasteiger partial charge in [-0.25, -0.2) is 13.4 Å². The van der Waals surface area contributed by atoms with Crippen molar-refractivity contribution in [2.75, 3.05) is 19.3 Å². The van der Waals surface area contributed by atoms with Crippen LogP contribution in [0.5, 0.6) is 0 Å². The lowest BCUT2D eigenvalue weighted by Crippen LogP contribution is -2.32. The van der Waals surface area contributed by atoms with Crippen LogP contribution in [-0.2, 0) is 21.2 Å². The van der Waals surface area contributed by atoms with Crippen molar-refractivity contribution in [3.05, 3.63) is 24.1 Å². The predicted octanol–water partition coefficient (Wildman–Crippen LogP) is 1.50. The maximum atomic E-state index is 11.5. The number of sulfone groups is 1. The molecule has 0 unspecified atom stereocenters. The van der Waals surface area contributed by atoms with E-state index >= 15 is 0 Å². The van der Waals surface area contributed by atoms with Crippen LogP contribution in [0.3, 0.4) is 0 Å². The zero-order valence-electron chi connectivity index (χ0n) is 11.8. The minimum Gasteiger partial charge on any atom is -0.438 e. The van der Waals surface area contributed by atoms with Crippen LogP contribution in [0.2, 0.25) is 0 Å². The van der Waals surface area contributed by atoms with E-state index in [0.717, 1.165) is 25.9 Å². The Morgan fingerprint density at radius 3 is 2.86 bits per heavy atom. The third-order valence-electron chi connectivity index (χ3n) is 3.56. The molecule has 114 valence electrons. The molecule has 0 amide bonds. The fraction of sp³-hybridized carbons (Fsp3) is 0.500. The Morgan fingerprint density at radius 2 is 2.14 bits per heavy atom. The number of nitrogens with one attached hydrogen (secondary N) is 1. The highest BCUT2D eigenvalue weighted by Crippen LogP contribution is 2.21. The Bertz CT molecular complexity index is 733. The summed E-state index contributed by atoms with van der Waals surface area (Å²) < 4.78 is 34.4. The van der Waals surface area contributed by atoms with E-state index in [2.05, 4.69) is 10.3 Å². The molecule has 1 fully saturated rings. The first kappa shape index (κ1) is 14.5. The number of benzene rings is 1. The topological polar surface area (TPSA) is 81.4 Å². The third-order valence-corrected chi connectivity index (χ3v) is 4.67. The molecule has 1 N–H and O–H groups in total. The maximum absolute atomic E-state index is 11.5. The van der Waals surface area contributed by atoms with Crippen molar-refractivity contribution in [3.8, 4) is 0 Å². The van der Waals surface area contributed by atoms with E-state index in [1.54, 1.807) is 6.07 Å². The normalized spacial score (nSPS) is 17.4. The first-order chi connectivity index (χ1) is 10.0. The van der Waals surface area contributed by atoms with Crippen LogP contribution in [-0.4, -0.2) is 38.9 Å². The van der Waals surface area contributed by atoms with E-state index in [9.17, 15) is 8.42 Å². The molecule has 1 aliphatic heterocycles. The average molecular weight is 310 g/mol. The maximum Gasteiger partial charge on any atom is 0.221 e. The quantitative estimate of drug-likeness (QED) is 0.921. The second-order valence-electron chi connectivity index (χ2n) is 5.27. The van der Waals surface area contributed by atoms with Gasteiger partial charge in [-0.2, -0.15) is 0 Å². The van der Waals surface area contributed by atoms with Crippen molar-refractivity contribution < 1.29 is 17.6 Å². The second-order valence-corrected chi connectivity index (χ2v) is 7.29. The second kappa shape index (κ2) is 5.75. The van der Waals surface area contributed by atoms with Gasteiger partial charge in [0.05, 0.1) is 11.0 Å². The molecule has 1 aliphatic rings. The number of hydrogen-bond donors (Lipinski definition) is 1. The van der Waals surface area contributed by atoms with Gasteiger partial charge in [0.2, 0.25) is 5.89 Å². The fourth-order valence-electron chi connectivity index (χ4n) is 2.40. The van der Waals surface area contributed by atoms with Crippen molar-refractivity contribution >= 4 is 20.9 Å². The van der Waals surface area contributed by atoms with Gasteiger partial charge >= 0.3 is 0 Å². The summed E-state index contributed by atoms with van der Waals surface area (Å²) in [4.78, 5) is 4.54. The van der Waals surface area contributed by atoms with Crippen LogP contribution >= 0.6 is 0 Å². The number of fused-ring (bicyclic) bond motifs is 1. The van der Waals surface area contributed by atoms with Gasteiger partial charge < -0.3 is 14.5 Å². The Kier molecular flexibility index (Phi) is 3.97. The molecule has 1 saturated heterocycles. The monoisotopic (exact) mass is 310 g/mol. The third kappa shape index (κ3) is 3.42. The Morgan fingerprint density at radius 1 is 1.38 bits per heavy atom. The number of rotatable bonds is 4. The molecule has 2 aromatic rings.